The van der Waals surface area contributed by atoms with Gasteiger partial charge in [-0.15, -0.1) is 0 Å². The Morgan fingerprint density at radius 3 is 3.12 bits per heavy atom. The first kappa shape index (κ1) is 12.0. The Morgan fingerprint density at radius 2 is 2.41 bits per heavy atom. The van der Waals surface area contributed by atoms with Gasteiger partial charge in [-0.25, -0.2) is 0 Å². The SMILES string of the molecule is CCC(O)C(C)C(=O)N1CCc2ncccc21. The molecule has 92 valence electrons. The largest absolute Gasteiger partial charge is 0.392 e. The van der Waals surface area contributed by atoms with Gasteiger partial charge in [-0.3, -0.25) is 9.78 Å². The number of pyridine rings is 1. The highest BCUT2D eigenvalue weighted by Gasteiger charge is 2.31. The number of carbonyl (C=O) groups is 1. The molecule has 0 spiro atoms. The first-order chi connectivity index (χ1) is 8.15. The molecule has 1 aromatic heterocycles. The van der Waals surface area contributed by atoms with Crippen molar-refractivity contribution in [2.24, 2.45) is 5.92 Å². The second kappa shape index (κ2) is 4.84. The van der Waals surface area contributed by atoms with Crippen LogP contribution in [-0.2, 0) is 11.2 Å². The molecule has 1 aromatic rings. The normalized spacial score (nSPS) is 17.7. The predicted molar refractivity (Wildman–Crippen MR) is 65.8 cm³/mol. The van der Waals surface area contributed by atoms with Gasteiger partial charge in [0, 0.05) is 19.2 Å². The van der Waals surface area contributed by atoms with E-state index in [2.05, 4.69) is 4.98 Å². The molecule has 0 bridgehead atoms. The lowest BCUT2D eigenvalue weighted by molar-refractivity contribution is -0.125. The van der Waals surface area contributed by atoms with Crippen molar-refractivity contribution in [1.29, 1.82) is 0 Å². The highest BCUT2D eigenvalue weighted by Crippen LogP contribution is 2.27. The number of carbonyl (C=O) groups excluding carboxylic acids is 1. The lowest BCUT2D eigenvalue weighted by Gasteiger charge is -2.24. The van der Waals surface area contributed by atoms with Crippen molar-refractivity contribution in [1.82, 2.24) is 4.98 Å². The molecule has 0 saturated heterocycles. The number of nitrogens with zero attached hydrogens (tertiary/aromatic N) is 2. The Balaban J connectivity index is 2.18. The van der Waals surface area contributed by atoms with Crippen LogP contribution in [0.5, 0.6) is 0 Å². The number of aliphatic hydroxyl groups is 1. The number of aliphatic hydroxyl groups excluding tert-OH is 1. The fourth-order valence-corrected chi connectivity index (χ4v) is 2.20. The maximum Gasteiger partial charge on any atom is 0.232 e. The summed E-state index contributed by atoms with van der Waals surface area (Å²) in [6.07, 6.45) is 2.58. The molecule has 2 atom stereocenters. The van der Waals surface area contributed by atoms with Crippen LogP contribution in [0.25, 0.3) is 0 Å². The van der Waals surface area contributed by atoms with Gasteiger partial charge in [-0.05, 0) is 18.6 Å². The van der Waals surface area contributed by atoms with E-state index >= 15 is 0 Å². The van der Waals surface area contributed by atoms with Gasteiger partial charge in [0.25, 0.3) is 0 Å². The van der Waals surface area contributed by atoms with Crippen LogP contribution in [0.3, 0.4) is 0 Å². The van der Waals surface area contributed by atoms with Crippen molar-refractivity contribution in [3.63, 3.8) is 0 Å². The lowest BCUT2D eigenvalue weighted by atomic mass is 10.0. The summed E-state index contributed by atoms with van der Waals surface area (Å²) in [5, 5.41) is 9.74. The smallest absolute Gasteiger partial charge is 0.232 e. The zero-order valence-corrected chi connectivity index (χ0v) is 10.3. The average Bonchev–Trinajstić information content (AvgIpc) is 2.79. The van der Waals surface area contributed by atoms with Gasteiger partial charge >= 0.3 is 0 Å². The highest BCUT2D eigenvalue weighted by atomic mass is 16.3. The van der Waals surface area contributed by atoms with E-state index in [0.29, 0.717) is 13.0 Å². The molecule has 1 amide bonds. The van der Waals surface area contributed by atoms with E-state index in [1.165, 1.54) is 0 Å². The van der Waals surface area contributed by atoms with E-state index in [0.717, 1.165) is 17.8 Å². The van der Waals surface area contributed by atoms with Crippen molar-refractivity contribution in [3.05, 3.63) is 24.0 Å². The van der Waals surface area contributed by atoms with Crippen LogP contribution in [0.1, 0.15) is 26.0 Å². The molecule has 1 aliphatic rings. The van der Waals surface area contributed by atoms with Crippen LogP contribution in [0.4, 0.5) is 5.69 Å². The Morgan fingerprint density at radius 1 is 1.65 bits per heavy atom. The summed E-state index contributed by atoms with van der Waals surface area (Å²) in [6.45, 7) is 4.34. The molecule has 4 heteroatoms. The van der Waals surface area contributed by atoms with Gasteiger partial charge in [0.15, 0.2) is 0 Å². The van der Waals surface area contributed by atoms with Crippen LogP contribution in [-0.4, -0.2) is 28.6 Å². The fraction of sp³-hybridized carbons (Fsp3) is 0.538. The second-order valence-electron chi connectivity index (χ2n) is 4.47. The Kier molecular flexibility index (Phi) is 3.43. The van der Waals surface area contributed by atoms with Gasteiger partial charge in [0.05, 0.1) is 23.4 Å². The molecule has 2 unspecified atom stereocenters. The zero-order chi connectivity index (χ0) is 12.4. The van der Waals surface area contributed by atoms with E-state index in [1.807, 2.05) is 19.1 Å². The number of anilines is 1. The van der Waals surface area contributed by atoms with E-state index in [4.69, 9.17) is 0 Å². The number of rotatable bonds is 3. The minimum absolute atomic E-state index is 0.00824. The molecule has 1 N–H and O–H groups in total. The highest BCUT2D eigenvalue weighted by molar-refractivity contribution is 5.96. The van der Waals surface area contributed by atoms with Crippen molar-refractivity contribution in [3.8, 4) is 0 Å². The number of hydrogen-bond acceptors (Lipinski definition) is 3. The van der Waals surface area contributed by atoms with Crippen molar-refractivity contribution < 1.29 is 9.90 Å². The fourth-order valence-electron chi connectivity index (χ4n) is 2.20. The summed E-state index contributed by atoms with van der Waals surface area (Å²) >= 11 is 0. The summed E-state index contributed by atoms with van der Waals surface area (Å²) < 4.78 is 0. The molecule has 2 heterocycles. The number of amides is 1. The molecule has 0 saturated carbocycles. The molecule has 0 aromatic carbocycles. The average molecular weight is 234 g/mol. The van der Waals surface area contributed by atoms with Crippen molar-refractivity contribution in [2.75, 3.05) is 11.4 Å². The number of fused-ring (bicyclic) bond motifs is 1. The molecule has 4 nitrogen and oxygen atoms in total. The molecule has 1 aliphatic heterocycles. The number of aromatic nitrogens is 1. The van der Waals surface area contributed by atoms with Crippen molar-refractivity contribution >= 4 is 11.6 Å². The molecule has 2 rings (SSSR count). The molecular weight excluding hydrogens is 216 g/mol. The van der Waals surface area contributed by atoms with Gasteiger partial charge in [-0.2, -0.15) is 0 Å². The van der Waals surface area contributed by atoms with E-state index < -0.39 is 6.10 Å². The topological polar surface area (TPSA) is 53.4 Å². The Hall–Kier alpha value is -1.42. The van der Waals surface area contributed by atoms with Crippen LogP contribution in [0.15, 0.2) is 18.3 Å². The summed E-state index contributed by atoms with van der Waals surface area (Å²) in [6, 6.07) is 3.75. The number of hydrogen-bond donors (Lipinski definition) is 1. The standard InChI is InChI=1S/C13H18N2O2/c1-3-12(16)9(2)13(17)15-8-6-10-11(15)5-4-7-14-10/h4-5,7,9,12,16H,3,6,8H2,1-2H3. The van der Waals surface area contributed by atoms with Gasteiger partial charge < -0.3 is 10.0 Å². The summed E-state index contributed by atoms with van der Waals surface area (Å²) in [5.74, 6) is -0.364. The third-order valence-corrected chi connectivity index (χ3v) is 3.38. The monoisotopic (exact) mass is 234 g/mol. The minimum atomic E-state index is -0.566. The third kappa shape index (κ3) is 2.17. The van der Waals surface area contributed by atoms with Crippen LogP contribution in [0, 0.1) is 5.92 Å². The summed E-state index contributed by atoms with van der Waals surface area (Å²) in [4.78, 5) is 18.2. The Labute approximate surface area is 101 Å². The van der Waals surface area contributed by atoms with Crippen LogP contribution < -0.4 is 4.90 Å². The molecule has 17 heavy (non-hydrogen) atoms. The third-order valence-electron chi connectivity index (χ3n) is 3.38. The minimum Gasteiger partial charge on any atom is -0.392 e. The van der Waals surface area contributed by atoms with Gasteiger partial charge in [-0.1, -0.05) is 13.8 Å². The van der Waals surface area contributed by atoms with E-state index in [9.17, 15) is 9.90 Å². The Bertz CT molecular complexity index is 420. The first-order valence-electron chi connectivity index (χ1n) is 6.08. The molecule has 0 fully saturated rings. The maximum absolute atomic E-state index is 12.2. The zero-order valence-electron chi connectivity index (χ0n) is 10.3. The van der Waals surface area contributed by atoms with Gasteiger partial charge in [0.1, 0.15) is 0 Å². The maximum atomic E-state index is 12.2. The molecular formula is C13H18N2O2. The lowest BCUT2D eigenvalue weighted by Crippen LogP contribution is -2.38. The first-order valence-corrected chi connectivity index (χ1v) is 6.08. The van der Waals surface area contributed by atoms with E-state index in [1.54, 1.807) is 18.0 Å². The molecule has 0 aliphatic carbocycles. The predicted octanol–water partition coefficient (Wildman–Crippen LogP) is 1.38. The summed E-state index contributed by atoms with van der Waals surface area (Å²) in [7, 11) is 0. The van der Waals surface area contributed by atoms with E-state index in [-0.39, 0.29) is 11.8 Å². The van der Waals surface area contributed by atoms with Gasteiger partial charge in [0.2, 0.25) is 5.91 Å². The van der Waals surface area contributed by atoms with Crippen LogP contribution >= 0.6 is 0 Å². The quantitative estimate of drug-likeness (QED) is 0.859. The van der Waals surface area contributed by atoms with Crippen molar-refractivity contribution in [2.45, 2.75) is 32.8 Å². The molecule has 0 radical (unpaired) electrons. The second-order valence-corrected chi connectivity index (χ2v) is 4.47. The summed E-state index contributed by atoms with van der Waals surface area (Å²) in [5.41, 5.74) is 1.87. The van der Waals surface area contributed by atoms with Crippen LogP contribution in [0.2, 0.25) is 0 Å².